The van der Waals surface area contributed by atoms with Crippen LogP contribution in [0.4, 0.5) is 0 Å². The smallest absolute Gasteiger partial charge is 0.337 e. The Bertz CT molecular complexity index is 1250. The Morgan fingerprint density at radius 2 is 1.73 bits per heavy atom. The number of imidazole rings is 1. The van der Waals surface area contributed by atoms with Crippen LogP contribution in [0.25, 0.3) is 28.2 Å². The van der Waals surface area contributed by atoms with Crippen molar-refractivity contribution in [2.75, 3.05) is 0 Å². The SMILES string of the molecule is Cn1c(=O)c2[nH]c(-c3ccc(O)c(O)c3)nc2n(-c2ccccc2)c1=O. The first-order valence-electron chi connectivity index (χ1n) is 7.77. The van der Waals surface area contributed by atoms with Crippen molar-refractivity contribution >= 4 is 11.2 Å². The second kappa shape index (κ2) is 5.62. The van der Waals surface area contributed by atoms with Crippen LogP contribution in [0.15, 0.2) is 58.1 Å². The molecule has 4 aromatic rings. The molecule has 0 aliphatic rings. The second-order valence-electron chi connectivity index (χ2n) is 5.81. The van der Waals surface area contributed by atoms with Crippen molar-refractivity contribution in [3.63, 3.8) is 0 Å². The summed E-state index contributed by atoms with van der Waals surface area (Å²) in [5.74, 6) is -0.277. The Kier molecular flexibility index (Phi) is 3.40. The van der Waals surface area contributed by atoms with Gasteiger partial charge in [0.2, 0.25) is 0 Å². The fourth-order valence-electron chi connectivity index (χ4n) is 2.79. The number of phenolic OH excluding ortho intramolecular Hbond substituents is 2. The third-order valence-corrected chi connectivity index (χ3v) is 4.16. The summed E-state index contributed by atoms with van der Waals surface area (Å²) in [7, 11) is 1.40. The van der Waals surface area contributed by atoms with Crippen molar-refractivity contribution in [2.45, 2.75) is 0 Å². The van der Waals surface area contributed by atoms with Gasteiger partial charge >= 0.3 is 5.69 Å². The maximum atomic E-state index is 12.6. The molecular weight excluding hydrogens is 336 g/mol. The fourth-order valence-corrected chi connectivity index (χ4v) is 2.79. The van der Waals surface area contributed by atoms with Gasteiger partial charge in [0, 0.05) is 12.6 Å². The van der Waals surface area contributed by atoms with Gasteiger partial charge in [0.05, 0.1) is 5.69 Å². The molecule has 0 fully saturated rings. The molecule has 2 heterocycles. The molecule has 8 nitrogen and oxygen atoms in total. The molecule has 0 radical (unpaired) electrons. The molecular formula is C18H14N4O4. The highest BCUT2D eigenvalue weighted by atomic mass is 16.3. The van der Waals surface area contributed by atoms with Crippen LogP contribution in [0, 0.1) is 0 Å². The number of para-hydroxylation sites is 1. The van der Waals surface area contributed by atoms with Crippen molar-refractivity contribution in [1.29, 1.82) is 0 Å². The first-order chi connectivity index (χ1) is 12.5. The van der Waals surface area contributed by atoms with E-state index in [1.54, 1.807) is 30.3 Å². The predicted octanol–water partition coefficient (Wildman–Crippen LogP) is 1.49. The summed E-state index contributed by atoms with van der Waals surface area (Å²) in [5, 5.41) is 19.2. The first-order valence-corrected chi connectivity index (χ1v) is 7.77. The Balaban J connectivity index is 2.07. The van der Waals surface area contributed by atoms with Crippen molar-refractivity contribution in [1.82, 2.24) is 19.1 Å². The maximum absolute atomic E-state index is 12.6. The summed E-state index contributed by atoms with van der Waals surface area (Å²) in [4.78, 5) is 32.4. The number of benzene rings is 2. The Labute approximate surface area is 146 Å². The quantitative estimate of drug-likeness (QED) is 0.474. The molecule has 0 bridgehead atoms. The molecule has 0 unspecified atom stereocenters. The molecule has 8 heteroatoms. The zero-order valence-electron chi connectivity index (χ0n) is 13.7. The van der Waals surface area contributed by atoms with E-state index in [0.717, 1.165) is 4.57 Å². The lowest BCUT2D eigenvalue weighted by molar-refractivity contribution is 0.404. The third kappa shape index (κ3) is 2.27. The largest absolute Gasteiger partial charge is 0.504 e. The number of nitrogens with zero attached hydrogens (tertiary/aromatic N) is 3. The highest BCUT2D eigenvalue weighted by Crippen LogP contribution is 2.29. The van der Waals surface area contributed by atoms with E-state index >= 15 is 0 Å². The van der Waals surface area contributed by atoms with Crippen LogP contribution in [-0.4, -0.2) is 29.3 Å². The molecule has 130 valence electrons. The Hall–Kier alpha value is -3.81. The molecule has 0 aliphatic heterocycles. The van der Waals surface area contributed by atoms with E-state index in [0.29, 0.717) is 17.1 Å². The predicted molar refractivity (Wildman–Crippen MR) is 95.7 cm³/mol. The van der Waals surface area contributed by atoms with Crippen molar-refractivity contribution < 1.29 is 10.2 Å². The van der Waals surface area contributed by atoms with Crippen LogP contribution in [0.3, 0.4) is 0 Å². The molecule has 0 amide bonds. The number of nitrogens with one attached hydrogen (secondary N) is 1. The Morgan fingerprint density at radius 1 is 1.00 bits per heavy atom. The number of aromatic nitrogens is 4. The van der Waals surface area contributed by atoms with Crippen LogP contribution >= 0.6 is 0 Å². The van der Waals surface area contributed by atoms with E-state index in [-0.39, 0.29) is 22.7 Å². The number of aromatic amines is 1. The van der Waals surface area contributed by atoms with Crippen molar-refractivity contribution in [3.8, 4) is 28.6 Å². The lowest BCUT2D eigenvalue weighted by Gasteiger charge is -2.07. The number of hydrogen-bond donors (Lipinski definition) is 3. The van der Waals surface area contributed by atoms with Gasteiger partial charge in [-0.15, -0.1) is 0 Å². The van der Waals surface area contributed by atoms with E-state index in [4.69, 9.17) is 0 Å². The standard InChI is InChI=1S/C18H14N4O4/c1-21-17(25)14-16(22(18(21)26)11-5-3-2-4-6-11)20-15(19-14)10-7-8-12(23)13(24)9-10/h2-9,23-24H,1H3,(H,19,20). The highest BCUT2D eigenvalue weighted by Gasteiger charge is 2.17. The van der Waals surface area contributed by atoms with E-state index < -0.39 is 11.2 Å². The molecule has 2 aromatic heterocycles. The molecule has 0 aliphatic carbocycles. The molecule has 0 spiro atoms. The van der Waals surface area contributed by atoms with Gasteiger partial charge in [-0.25, -0.2) is 14.3 Å². The molecule has 26 heavy (non-hydrogen) atoms. The first kappa shape index (κ1) is 15.7. The summed E-state index contributed by atoms with van der Waals surface area (Å²) in [6.07, 6.45) is 0. The van der Waals surface area contributed by atoms with Crippen LogP contribution in [0.1, 0.15) is 0 Å². The number of fused-ring (bicyclic) bond motifs is 1. The van der Waals surface area contributed by atoms with Crippen LogP contribution in [0.5, 0.6) is 11.5 Å². The van der Waals surface area contributed by atoms with Gasteiger partial charge in [0.15, 0.2) is 22.7 Å². The summed E-state index contributed by atoms with van der Waals surface area (Å²) in [6, 6.07) is 13.1. The van der Waals surface area contributed by atoms with Crippen LogP contribution < -0.4 is 11.2 Å². The normalized spacial score (nSPS) is 11.1. The number of rotatable bonds is 2. The van der Waals surface area contributed by atoms with Gasteiger partial charge in [-0.2, -0.15) is 0 Å². The molecule has 0 saturated heterocycles. The van der Waals surface area contributed by atoms with Gasteiger partial charge in [0.1, 0.15) is 5.82 Å². The van der Waals surface area contributed by atoms with E-state index in [1.807, 2.05) is 6.07 Å². The topological polar surface area (TPSA) is 113 Å². The second-order valence-corrected chi connectivity index (χ2v) is 5.81. The molecule has 0 atom stereocenters. The minimum absolute atomic E-state index is 0.165. The van der Waals surface area contributed by atoms with Gasteiger partial charge in [-0.1, -0.05) is 18.2 Å². The van der Waals surface area contributed by atoms with E-state index in [1.165, 1.54) is 23.7 Å². The van der Waals surface area contributed by atoms with E-state index in [2.05, 4.69) is 9.97 Å². The minimum Gasteiger partial charge on any atom is -0.504 e. The summed E-state index contributed by atoms with van der Waals surface area (Å²) < 4.78 is 2.35. The number of H-pyrrole nitrogens is 1. The van der Waals surface area contributed by atoms with Crippen molar-refractivity contribution in [2.24, 2.45) is 7.05 Å². The average molecular weight is 350 g/mol. The molecule has 4 rings (SSSR count). The number of hydrogen-bond acceptors (Lipinski definition) is 5. The van der Waals surface area contributed by atoms with Gasteiger partial charge in [0.25, 0.3) is 5.56 Å². The van der Waals surface area contributed by atoms with Crippen molar-refractivity contribution in [3.05, 3.63) is 69.4 Å². The van der Waals surface area contributed by atoms with Gasteiger partial charge in [-0.3, -0.25) is 9.36 Å². The molecule has 2 aromatic carbocycles. The summed E-state index contributed by atoms with van der Waals surface area (Å²) in [5.41, 5.74) is 0.375. The monoisotopic (exact) mass is 350 g/mol. The third-order valence-electron chi connectivity index (χ3n) is 4.16. The fraction of sp³-hybridized carbons (Fsp3) is 0.0556. The van der Waals surface area contributed by atoms with Gasteiger partial charge in [-0.05, 0) is 30.3 Å². The number of phenols is 2. The summed E-state index contributed by atoms with van der Waals surface area (Å²) >= 11 is 0. The van der Waals surface area contributed by atoms with Gasteiger partial charge < -0.3 is 15.2 Å². The van der Waals surface area contributed by atoms with E-state index in [9.17, 15) is 19.8 Å². The highest BCUT2D eigenvalue weighted by molar-refractivity contribution is 5.77. The molecule has 3 N–H and O–H groups in total. The lowest BCUT2D eigenvalue weighted by Crippen LogP contribution is -2.37. The maximum Gasteiger partial charge on any atom is 0.337 e. The zero-order chi connectivity index (χ0) is 18.4. The van der Waals surface area contributed by atoms with Crippen LogP contribution in [0.2, 0.25) is 0 Å². The average Bonchev–Trinajstić information content (AvgIpc) is 3.08. The summed E-state index contributed by atoms with van der Waals surface area (Å²) in [6.45, 7) is 0. The van der Waals surface area contributed by atoms with Crippen LogP contribution in [-0.2, 0) is 7.05 Å². The Morgan fingerprint density at radius 3 is 2.42 bits per heavy atom. The minimum atomic E-state index is -0.514. The zero-order valence-corrected chi connectivity index (χ0v) is 13.7. The molecule has 0 saturated carbocycles. The number of aromatic hydroxyl groups is 2. The lowest BCUT2D eigenvalue weighted by atomic mass is 10.2.